The molecule has 3 aromatic rings. The molecule has 1 aromatic heterocycles. The van der Waals surface area contributed by atoms with Crippen LogP contribution in [0.5, 0.6) is 0 Å². The summed E-state index contributed by atoms with van der Waals surface area (Å²) in [7, 11) is 0. The van der Waals surface area contributed by atoms with E-state index < -0.39 is 0 Å². The maximum atomic E-state index is 13.2. The highest BCUT2D eigenvalue weighted by Crippen LogP contribution is 2.45. The van der Waals surface area contributed by atoms with E-state index in [-0.39, 0.29) is 5.91 Å². The van der Waals surface area contributed by atoms with Gasteiger partial charge in [-0.15, -0.1) is 23.5 Å². The van der Waals surface area contributed by atoms with Crippen LogP contribution in [0.4, 0.5) is 5.69 Å². The molecule has 1 aliphatic rings. The van der Waals surface area contributed by atoms with Gasteiger partial charge in [0, 0.05) is 22.8 Å². The Morgan fingerprint density at radius 2 is 1.69 bits per heavy atom. The van der Waals surface area contributed by atoms with Crippen LogP contribution in [0, 0.1) is 0 Å². The van der Waals surface area contributed by atoms with Crippen molar-refractivity contribution in [2.24, 2.45) is 0 Å². The average molecular weight is 382 g/mol. The minimum Gasteiger partial charge on any atom is -0.467 e. The monoisotopic (exact) mass is 381 g/mol. The van der Waals surface area contributed by atoms with E-state index in [1.165, 1.54) is 17.1 Å². The maximum absolute atomic E-state index is 13.2. The molecule has 0 bridgehead atoms. The second kappa shape index (κ2) is 8.06. The van der Waals surface area contributed by atoms with Crippen LogP contribution in [0.3, 0.4) is 0 Å². The van der Waals surface area contributed by atoms with Crippen molar-refractivity contribution >= 4 is 35.1 Å². The van der Waals surface area contributed by atoms with Crippen molar-refractivity contribution in [3.63, 3.8) is 0 Å². The molecule has 5 heteroatoms. The zero-order valence-corrected chi connectivity index (χ0v) is 15.8. The maximum Gasteiger partial charge on any atom is 0.258 e. The molecule has 0 unspecified atom stereocenters. The summed E-state index contributed by atoms with van der Waals surface area (Å²) in [5.41, 5.74) is 2.84. The first-order chi connectivity index (χ1) is 12.8. The number of amides is 1. The van der Waals surface area contributed by atoms with Gasteiger partial charge in [-0.25, -0.2) is 0 Å². The third-order valence-corrected chi connectivity index (χ3v) is 7.36. The van der Waals surface area contributed by atoms with Gasteiger partial charge in [0.05, 0.1) is 17.4 Å². The number of hydrogen-bond donors (Lipinski definition) is 0. The first-order valence-electron chi connectivity index (χ1n) is 8.54. The van der Waals surface area contributed by atoms with Crippen LogP contribution in [-0.2, 0) is 6.54 Å². The zero-order chi connectivity index (χ0) is 17.8. The molecule has 2 heterocycles. The Hall–Kier alpha value is -2.11. The highest BCUT2D eigenvalue weighted by atomic mass is 32.2. The Labute approximate surface area is 161 Å². The van der Waals surface area contributed by atoms with Gasteiger partial charge in [0.2, 0.25) is 0 Å². The molecule has 1 amide bonds. The first-order valence-corrected chi connectivity index (χ1v) is 10.6. The molecule has 4 rings (SSSR count). The van der Waals surface area contributed by atoms with Gasteiger partial charge >= 0.3 is 0 Å². The summed E-state index contributed by atoms with van der Waals surface area (Å²) >= 11 is 3.94. The van der Waals surface area contributed by atoms with E-state index in [1.54, 1.807) is 11.2 Å². The van der Waals surface area contributed by atoms with Gasteiger partial charge in [0.25, 0.3) is 5.91 Å². The van der Waals surface area contributed by atoms with Crippen LogP contribution in [0.15, 0.2) is 77.4 Å². The van der Waals surface area contributed by atoms with Gasteiger partial charge in [0.1, 0.15) is 5.76 Å². The van der Waals surface area contributed by atoms with E-state index in [1.807, 2.05) is 78.1 Å². The molecule has 0 N–H and O–H groups in total. The quantitative estimate of drug-likeness (QED) is 0.575. The van der Waals surface area contributed by atoms with Crippen LogP contribution in [-0.4, -0.2) is 17.4 Å². The van der Waals surface area contributed by atoms with Crippen LogP contribution in [0.25, 0.3) is 0 Å². The van der Waals surface area contributed by atoms with Crippen molar-refractivity contribution < 1.29 is 9.21 Å². The van der Waals surface area contributed by atoms with Crippen molar-refractivity contribution in [2.45, 2.75) is 11.1 Å². The summed E-state index contributed by atoms with van der Waals surface area (Å²) in [5.74, 6) is 3.13. The number of anilines is 1. The normalized spacial score (nSPS) is 14.5. The van der Waals surface area contributed by atoms with Gasteiger partial charge in [-0.05, 0) is 42.0 Å². The van der Waals surface area contributed by atoms with Gasteiger partial charge in [0.15, 0.2) is 0 Å². The molecule has 0 radical (unpaired) electrons. The van der Waals surface area contributed by atoms with Crippen molar-refractivity contribution in [1.29, 1.82) is 0 Å². The smallest absolute Gasteiger partial charge is 0.258 e. The van der Waals surface area contributed by atoms with Gasteiger partial charge < -0.3 is 9.32 Å². The van der Waals surface area contributed by atoms with Gasteiger partial charge in [-0.2, -0.15) is 0 Å². The van der Waals surface area contributed by atoms with Crippen LogP contribution >= 0.6 is 23.5 Å². The Balaban J connectivity index is 1.59. The Morgan fingerprint density at radius 1 is 0.962 bits per heavy atom. The van der Waals surface area contributed by atoms with E-state index in [9.17, 15) is 4.79 Å². The number of hydrogen-bond acceptors (Lipinski definition) is 4. The molecule has 0 spiro atoms. The number of thioether (sulfide) groups is 2. The third-order valence-electron chi connectivity index (χ3n) is 4.26. The van der Waals surface area contributed by atoms with Crippen LogP contribution in [0.1, 0.15) is 26.3 Å². The van der Waals surface area contributed by atoms with E-state index in [4.69, 9.17) is 4.42 Å². The number of rotatable bonds is 5. The highest BCUT2D eigenvalue weighted by molar-refractivity contribution is 8.19. The lowest BCUT2D eigenvalue weighted by atomic mass is 10.1. The van der Waals surface area contributed by atoms with Crippen molar-refractivity contribution in [1.82, 2.24) is 0 Å². The second-order valence-corrected chi connectivity index (χ2v) is 8.73. The number of furan rings is 1. The standard InChI is InChI=1S/C21H19NO2S2/c23-20(16-8-10-17(11-9-16)21-25-13-14-26-21)22(15-19-7-4-12-24-19)18-5-2-1-3-6-18/h1-12,21H,13-15H2. The molecule has 3 nitrogen and oxygen atoms in total. The summed E-state index contributed by atoms with van der Waals surface area (Å²) in [6, 6.07) is 21.5. The topological polar surface area (TPSA) is 33.5 Å². The largest absolute Gasteiger partial charge is 0.467 e. The number of carbonyl (C=O) groups excluding carboxylic acids is 1. The number of carbonyl (C=O) groups is 1. The molecular formula is C21H19NO2S2. The minimum atomic E-state index is -0.0223. The molecule has 1 saturated heterocycles. The lowest BCUT2D eigenvalue weighted by Gasteiger charge is -2.22. The van der Waals surface area contributed by atoms with Gasteiger partial charge in [-0.1, -0.05) is 30.3 Å². The number of benzene rings is 2. The van der Waals surface area contributed by atoms with E-state index >= 15 is 0 Å². The zero-order valence-electron chi connectivity index (χ0n) is 14.2. The summed E-state index contributed by atoms with van der Waals surface area (Å²) in [4.78, 5) is 14.9. The molecule has 1 aliphatic heterocycles. The number of nitrogens with zero attached hydrogens (tertiary/aromatic N) is 1. The fourth-order valence-electron chi connectivity index (χ4n) is 2.94. The second-order valence-electron chi connectivity index (χ2n) is 6.00. The minimum absolute atomic E-state index is 0.0223. The number of para-hydroxylation sites is 1. The third kappa shape index (κ3) is 3.84. The summed E-state index contributed by atoms with van der Waals surface area (Å²) in [6.07, 6.45) is 1.63. The summed E-state index contributed by atoms with van der Waals surface area (Å²) in [5, 5.41) is 0. The van der Waals surface area contributed by atoms with E-state index in [0.717, 1.165) is 11.4 Å². The predicted molar refractivity (Wildman–Crippen MR) is 110 cm³/mol. The Bertz CT molecular complexity index is 841. The molecule has 1 fully saturated rings. The molecular weight excluding hydrogens is 362 g/mol. The Morgan fingerprint density at radius 3 is 2.35 bits per heavy atom. The van der Waals surface area contributed by atoms with Crippen molar-refractivity contribution in [2.75, 3.05) is 16.4 Å². The molecule has 0 saturated carbocycles. The fraction of sp³-hybridized carbons (Fsp3) is 0.190. The van der Waals surface area contributed by atoms with Crippen LogP contribution < -0.4 is 4.90 Å². The van der Waals surface area contributed by atoms with Crippen LogP contribution in [0.2, 0.25) is 0 Å². The molecule has 26 heavy (non-hydrogen) atoms. The van der Waals surface area contributed by atoms with Crippen molar-refractivity contribution in [3.05, 3.63) is 89.9 Å². The average Bonchev–Trinajstić information content (AvgIpc) is 3.40. The molecule has 2 aromatic carbocycles. The highest BCUT2D eigenvalue weighted by Gasteiger charge is 2.21. The van der Waals surface area contributed by atoms with Gasteiger partial charge in [-0.3, -0.25) is 4.79 Å². The van der Waals surface area contributed by atoms with E-state index in [0.29, 0.717) is 16.7 Å². The summed E-state index contributed by atoms with van der Waals surface area (Å²) < 4.78 is 5.95. The molecule has 0 aliphatic carbocycles. The lowest BCUT2D eigenvalue weighted by molar-refractivity contribution is 0.0983. The SMILES string of the molecule is O=C(c1ccc(C2SCCS2)cc1)N(Cc1ccco1)c1ccccc1. The first kappa shape index (κ1) is 17.3. The molecule has 132 valence electrons. The summed E-state index contributed by atoms with van der Waals surface area (Å²) in [6.45, 7) is 0.409. The predicted octanol–water partition coefficient (Wildman–Crippen LogP) is 5.61. The lowest BCUT2D eigenvalue weighted by Crippen LogP contribution is -2.30. The fourth-order valence-corrected chi connectivity index (χ4v) is 5.80. The Kier molecular flexibility index (Phi) is 5.37. The van der Waals surface area contributed by atoms with E-state index in [2.05, 4.69) is 12.1 Å². The molecule has 0 atom stereocenters. The van der Waals surface area contributed by atoms with Crippen molar-refractivity contribution in [3.8, 4) is 0 Å².